The van der Waals surface area contributed by atoms with Crippen molar-refractivity contribution in [2.45, 2.75) is 6.42 Å². The van der Waals surface area contributed by atoms with Gasteiger partial charge in [-0.05, 0) is 18.2 Å². The summed E-state index contributed by atoms with van der Waals surface area (Å²) in [4.78, 5) is 17.1. The maximum atomic E-state index is 12.6. The number of nitrogens with zero attached hydrogens (tertiary/aromatic N) is 2. The lowest BCUT2D eigenvalue weighted by molar-refractivity contribution is -0.117. The molecule has 0 aliphatic carbocycles. The number of rotatable bonds is 1. The van der Waals surface area contributed by atoms with E-state index in [1.54, 1.807) is 4.90 Å². The van der Waals surface area contributed by atoms with Gasteiger partial charge in [-0.15, -0.1) is 17.8 Å². The zero-order chi connectivity index (χ0) is 15.0. The number of para-hydroxylation sites is 1. The summed E-state index contributed by atoms with van der Waals surface area (Å²) in [5, 5.41) is 0.848. The van der Waals surface area contributed by atoms with Crippen LogP contribution in [0.3, 0.4) is 0 Å². The summed E-state index contributed by atoms with van der Waals surface area (Å²) in [6.07, 6.45) is 5.81. The SMILES string of the molecule is C#Cc1cc2c(s1)N(c1ccccc1)C(=O)CC(=C)N2C. The molecular formula is C17H14N2OS. The molecule has 1 aliphatic rings. The van der Waals surface area contributed by atoms with E-state index in [4.69, 9.17) is 6.42 Å². The number of carbonyl (C=O) groups is 1. The predicted octanol–water partition coefficient (Wildman–Crippen LogP) is 3.75. The van der Waals surface area contributed by atoms with E-state index in [9.17, 15) is 4.79 Å². The second-order valence-electron chi connectivity index (χ2n) is 4.81. The van der Waals surface area contributed by atoms with Gasteiger partial charge >= 0.3 is 0 Å². The Bertz CT molecular complexity index is 755. The second kappa shape index (κ2) is 5.12. The van der Waals surface area contributed by atoms with Crippen molar-refractivity contribution < 1.29 is 4.79 Å². The van der Waals surface area contributed by atoms with Crippen LogP contribution in [0.4, 0.5) is 16.4 Å². The van der Waals surface area contributed by atoms with Crippen molar-refractivity contribution in [2.75, 3.05) is 16.8 Å². The van der Waals surface area contributed by atoms with Crippen LogP contribution in [0.25, 0.3) is 0 Å². The molecule has 3 nitrogen and oxygen atoms in total. The van der Waals surface area contributed by atoms with Gasteiger partial charge in [0.05, 0.1) is 17.0 Å². The molecule has 0 radical (unpaired) electrons. The molecule has 1 aromatic carbocycles. The molecule has 21 heavy (non-hydrogen) atoms. The summed E-state index contributed by atoms with van der Waals surface area (Å²) < 4.78 is 0. The molecule has 0 saturated heterocycles. The largest absolute Gasteiger partial charge is 0.346 e. The van der Waals surface area contributed by atoms with Crippen molar-refractivity contribution in [3.8, 4) is 12.3 Å². The number of thiophene rings is 1. The minimum atomic E-state index is 0.00206. The summed E-state index contributed by atoms with van der Waals surface area (Å²) in [6.45, 7) is 4.00. The van der Waals surface area contributed by atoms with Gasteiger partial charge < -0.3 is 4.90 Å². The Labute approximate surface area is 128 Å². The van der Waals surface area contributed by atoms with Crippen LogP contribution in [-0.2, 0) is 4.79 Å². The van der Waals surface area contributed by atoms with Crippen LogP contribution in [0.15, 0.2) is 48.7 Å². The maximum absolute atomic E-state index is 12.6. The fourth-order valence-corrected chi connectivity index (χ4v) is 3.37. The molecule has 1 aliphatic heterocycles. The average Bonchev–Trinajstić information content (AvgIpc) is 2.88. The molecule has 0 atom stereocenters. The first-order valence-corrected chi connectivity index (χ1v) is 7.33. The van der Waals surface area contributed by atoms with Gasteiger partial charge in [0.25, 0.3) is 0 Å². The zero-order valence-corrected chi connectivity index (χ0v) is 12.5. The lowest BCUT2D eigenvalue weighted by Crippen LogP contribution is -2.24. The zero-order valence-electron chi connectivity index (χ0n) is 11.7. The molecule has 1 amide bonds. The van der Waals surface area contributed by atoms with E-state index >= 15 is 0 Å². The number of fused-ring (bicyclic) bond motifs is 1. The number of terminal acetylenes is 1. The summed E-state index contributed by atoms with van der Waals surface area (Å²) >= 11 is 1.45. The van der Waals surface area contributed by atoms with Gasteiger partial charge in [-0.2, -0.15) is 0 Å². The standard InChI is InChI=1S/C17H14N2OS/c1-4-14-11-15-17(21-14)19(13-8-6-5-7-9-13)16(20)10-12(2)18(15)3/h1,5-9,11H,2,10H2,3H3. The fourth-order valence-electron chi connectivity index (χ4n) is 2.34. The first-order valence-electron chi connectivity index (χ1n) is 6.51. The molecule has 1 aromatic heterocycles. The van der Waals surface area contributed by atoms with Gasteiger partial charge in [0.15, 0.2) is 0 Å². The van der Waals surface area contributed by atoms with Crippen LogP contribution in [0.5, 0.6) is 0 Å². The van der Waals surface area contributed by atoms with Crippen molar-refractivity contribution in [1.29, 1.82) is 0 Å². The maximum Gasteiger partial charge on any atom is 0.238 e. The number of carbonyl (C=O) groups excluding carboxylic acids is 1. The molecule has 0 N–H and O–H groups in total. The van der Waals surface area contributed by atoms with Crippen LogP contribution in [0, 0.1) is 12.3 Å². The fraction of sp³-hybridized carbons (Fsp3) is 0.118. The molecule has 2 heterocycles. The quantitative estimate of drug-likeness (QED) is 0.748. The normalized spacial score (nSPS) is 14.7. The second-order valence-corrected chi connectivity index (χ2v) is 5.84. The topological polar surface area (TPSA) is 23.6 Å². The molecule has 2 aromatic rings. The van der Waals surface area contributed by atoms with Gasteiger partial charge in [0, 0.05) is 18.4 Å². The first-order chi connectivity index (χ1) is 10.1. The highest BCUT2D eigenvalue weighted by Crippen LogP contribution is 2.45. The van der Waals surface area contributed by atoms with Crippen LogP contribution in [0.1, 0.15) is 11.3 Å². The van der Waals surface area contributed by atoms with E-state index in [1.165, 1.54) is 11.3 Å². The van der Waals surface area contributed by atoms with Crippen molar-refractivity contribution in [3.63, 3.8) is 0 Å². The molecule has 0 saturated carbocycles. The smallest absolute Gasteiger partial charge is 0.238 e. The molecular weight excluding hydrogens is 280 g/mol. The Kier molecular flexibility index (Phi) is 3.28. The van der Waals surface area contributed by atoms with Crippen molar-refractivity contribution in [2.24, 2.45) is 0 Å². The van der Waals surface area contributed by atoms with E-state index in [0.29, 0.717) is 0 Å². The number of amides is 1. The van der Waals surface area contributed by atoms with E-state index < -0.39 is 0 Å². The molecule has 0 unspecified atom stereocenters. The molecule has 4 heteroatoms. The number of anilines is 3. The third-order valence-corrected chi connectivity index (χ3v) is 4.53. The van der Waals surface area contributed by atoms with Crippen molar-refractivity contribution >= 4 is 33.6 Å². The molecule has 0 fully saturated rings. The summed E-state index contributed by atoms with van der Waals surface area (Å²) in [5.41, 5.74) is 2.53. The van der Waals surface area contributed by atoms with E-state index in [0.717, 1.165) is 27.0 Å². The Balaban J connectivity index is 2.22. The minimum absolute atomic E-state index is 0.00206. The van der Waals surface area contributed by atoms with Crippen LogP contribution >= 0.6 is 11.3 Å². The monoisotopic (exact) mass is 294 g/mol. The average molecular weight is 294 g/mol. The number of hydrogen-bond acceptors (Lipinski definition) is 3. The Morgan fingerprint density at radius 1 is 1.33 bits per heavy atom. The Morgan fingerprint density at radius 2 is 2.05 bits per heavy atom. The van der Waals surface area contributed by atoms with Crippen LogP contribution in [-0.4, -0.2) is 13.0 Å². The predicted molar refractivity (Wildman–Crippen MR) is 88.0 cm³/mol. The van der Waals surface area contributed by atoms with Crippen LogP contribution < -0.4 is 9.80 Å². The Hall–Kier alpha value is -2.51. The van der Waals surface area contributed by atoms with Crippen molar-refractivity contribution in [1.82, 2.24) is 0 Å². The number of benzene rings is 1. The first kappa shape index (κ1) is 13.5. The highest BCUT2D eigenvalue weighted by molar-refractivity contribution is 7.17. The highest BCUT2D eigenvalue weighted by Gasteiger charge is 2.30. The lowest BCUT2D eigenvalue weighted by Gasteiger charge is -2.20. The minimum Gasteiger partial charge on any atom is -0.346 e. The van der Waals surface area contributed by atoms with Gasteiger partial charge in [-0.1, -0.05) is 30.7 Å². The number of hydrogen-bond donors (Lipinski definition) is 0. The van der Waals surface area contributed by atoms with Crippen molar-refractivity contribution in [3.05, 3.63) is 53.6 Å². The van der Waals surface area contributed by atoms with Crippen LogP contribution in [0.2, 0.25) is 0 Å². The molecule has 0 spiro atoms. The Morgan fingerprint density at radius 3 is 2.71 bits per heavy atom. The molecule has 104 valence electrons. The van der Waals surface area contributed by atoms with Gasteiger partial charge in [0.2, 0.25) is 5.91 Å². The van der Waals surface area contributed by atoms with E-state index in [-0.39, 0.29) is 12.3 Å². The summed E-state index contributed by atoms with van der Waals surface area (Å²) in [5.74, 6) is 2.65. The van der Waals surface area contributed by atoms with Gasteiger partial charge in [0.1, 0.15) is 5.00 Å². The van der Waals surface area contributed by atoms with Gasteiger partial charge in [-0.3, -0.25) is 9.69 Å². The van der Waals surface area contributed by atoms with E-state index in [1.807, 2.05) is 48.3 Å². The third-order valence-electron chi connectivity index (χ3n) is 3.49. The summed E-state index contributed by atoms with van der Waals surface area (Å²) in [6, 6.07) is 11.5. The molecule has 3 rings (SSSR count). The lowest BCUT2D eigenvalue weighted by atomic mass is 10.2. The third kappa shape index (κ3) is 2.22. The van der Waals surface area contributed by atoms with Gasteiger partial charge in [-0.25, -0.2) is 0 Å². The van der Waals surface area contributed by atoms with E-state index in [2.05, 4.69) is 12.5 Å². The molecule has 0 bridgehead atoms. The highest BCUT2D eigenvalue weighted by atomic mass is 32.1. The summed E-state index contributed by atoms with van der Waals surface area (Å²) in [7, 11) is 1.91.